The summed E-state index contributed by atoms with van der Waals surface area (Å²) in [6.07, 6.45) is -1.50. The van der Waals surface area contributed by atoms with Crippen molar-refractivity contribution in [1.29, 1.82) is 0 Å². The zero-order chi connectivity index (χ0) is 12.9. The molecule has 2 atom stereocenters. The second-order valence-electron chi connectivity index (χ2n) is 4.12. The van der Waals surface area contributed by atoms with Crippen molar-refractivity contribution in [2.45, 2.75) is 30.8 Å². The summed E-state index contributed by atoms with van der Waals surface area (Å²) in [5.41, 5.74) is 0. The molecule has 7 heteroatoms. The normalized spacial score (nSPS) is 24.9. The largest absolute Gasteiger partial charge is 0.411 e. The molecule has 0 aromatic carbocycles. The maximum atomic E-state index is 11.7. The average molecular weight is 274 g/mol. The van der Waals surface area contributed by atoms with E-state index in [0.717, 1.165) is 19.3 Å². The van der Waals surface area contributed by atoms with Crippen molar-refractivity contribution in [2.75, 3.05) is 19.8 Å². The number of rotatable bonds is 5. The van der Waals surface area contributed by atoms with Gasteiger partial charge in [0, 0.05) is 11.9 Å². The number of hydrogen-bond donors (Lipinski definition) is 1. The van der Waals surface area contributed by atoms with Crippen LogP contribution in [0.4, 0.5) is 13.2 Å². The number of carbonyl (C=O) groups excluding carboxylic acids is 1. The van der Waals surface area contributed by atoms with Gasteiger partial charge in [-0.1, -0.05) is 6.42 Å². The lowest BCUT2D eigenvalue weighted by molar-refractivity contribution is -0.175. The van der Waals surface area contributed by atoms with Gasteiger partial charge < -0.3 is 10.1 Å². The topological polar surface area (TPSA) is 38.3 Å². The van der Waals surface area contributed by atoms with Crippen LogP contribution in [0, 0.1) is 5.92 Å². The minimum atomic E-state index is -4.40. The van der Waals surface area contributed by atoms with Gasteiger partial charge in [0.15, 0.2) is 0 Å². The van der Waals surface area contributed by atoms with E-state index < -0.39 is 25.3 Å². The van der Waals surface area contributed by atoms with Gasteiger partial charge in [0.25, 0.3) is 0 Å². The molecule has 1 rings (SSSR count). The van der Waals surface area contributed by atoms with Gasteiger partial charge in [-0.25, -0.2) is 0 Å². The summed E-state index contributed by atoms with van der Waals surface area (Å²) in [4.78, 5) is 11.1. The lowest BCUT2D eigenvalue weighted by Crippen LogP contribution is -2.34. The van der Waals surface area contributed by atoms with Crippen LogP contribution >= 0.6 is 11.6 Å². The summed E-state index contributed by atoms with van der Waals surface area (Å²) in [7, 11) is 0. The van der Waals surface area contributed by atoms with Gasteiger partial charge in [0.1, 0.15) is 13.2 Å². The Morgan fingerprint density at radius 3 is 2.65 bits per heavy atom. The molecule has 1 amide bonds. The Kier molecular flexibility index (Phi) is 5.52. The van der Waals surface area contributed by atoms with E-state index in [1.165, 1.54) is 0 Å². The van der Waals surface area contributed by atoms with Crippen molar-refractivity contribution < 1.29 is 22.7 Å². The van der Waals surface area contributed by atoms with Crippen LogP contribution in [0.1, 0.15) is 19.3 Å². The molecule has 1 N–H and O–H groups in total. The molecule has 2 unspecified atom stereocenters. The van der Waals surface area contributed by atoms with Gasteiger partial charge in [-0.15, -0.1) is 11.6 Å². The molecule has 1 aliphatic rings. The number of nitrogens with one attached hydrogen (secondary N) is 1. The zero-order valence-corrected chi connectivity index (χ0v) is 9.98. The second-order valence-corrected chi connectivity index (χ2v) is 4.68. The van der Waals surface area contributed by atoms with Crippen molar-refractivity contribution >= 4 is 17.5 Å². The van der Waals surface area contributed by atoms with E-state index in [0.29, 0.717) is 6.54 Å². The molecule has 0 aliphatic heterocycles. The minimum absolute atomic E-state index is 0.0476. The molecule has 100 valence electrons. The monoisotopic (exact) mass is 273 g/mol. The molecule has 1 fully saturated rings. The average Bonchev–Trinajstić information content (AvgIpc) is 2.59. The van der Waals surface area contributed by atoms with Crippen LogP contribution in [0.15, 0.2) is 0 Å². The third kappa shape index (κ3) is 6.12. The first-order valence-corrected chi connectivity index (χ1v) is 5.87. The van der Waals surface area contributed by atoms with Crippen LogP contribution < -0.4 is 5.32 Å². The molecule has 0 aromatic heterocycles. The van der Waals surface area contributed by atoms with E-state index in [-0.39, 0.29) is 11.3 Å². The number of hydrogen-bond acceptors (Lipinski definition) is 2. The smallest absolute Gasteiger partial charge is 0.362 e. The summed E-state index contributed by atoms with van der Waals surface area (Å²) in [5.74, 6) is -0.326. The maximum Gasteiger partial charge on any atom is 0.411 e. The van der Waals surface area contributed by atoms with Gasteiger partial charge in [-0.05, 0) is 18.8 Å². The molecule has 0 saturated heterocycles. The van der Waals surface area contributed by atoms with Crippen LogP contribution in [0.25, 0.3) is 0 Å². The van der Waals surface area contributed by atoms with Crippen molar-refractivity contribution in [1.82, 2.24) is 5.32 Å². The summed E-state index contributed by atoms with van der Waals surface area (Å²) in [5, 5.41) is 2.57. The highest BCUT2D eigenvalue weighted by atomic mass is 35.5. The van der Waals surface area contributed by atoms with Crippen LogP contribution in [-0.4, -0.2) is 37.2 Å². The SMILES string of the molecule is O=C(COCC(F)(F)F)NCC1CCCC1Cl. The molecule has 1 aliphatic carbocycles. The molecule has 0 radical (unpaired) electrons. The molecule has 0 heterocycles. The lowest BCUT2D eigenvalue weighted by atomic mass is 10.1. The Morgan fingerprint density at radius 1 is 1.41 bits per heavy atom. The predicted octanol–water partition coefficient (Wildman–Crippen LogP) is 2.09. The second kappa shape index (κ2) is 6.44. The maximum absolute atomic E-state index is 11.7. The molecule has 1 saturated carbocycles. The zero-order valence-electron chi connectivity index (χ0n) is 9.23. The van der Waals surface area contributed by atoms with E-state index >= 15 is 0 Å². The fourth-order valence-corrected chi connectivity index (χ4v) is 2.15. The highest BCUT2D eigenvalue weighted by Crippen LogP contribution is 2.29. The Hall–Kier alpha value is -0.490. The van der Waals surface area contributed by atoms with E-state index in [1.54, 1.807) is 0 Å². The Morgan fingerprint density at radius 2 is 2.12 bits per heavy atom. The van der Waals surface area contributed by atoms with Gasteiger partial charge in [-0.2, -0.15) is 13.2 Å². The number of ether oxygens (including phenoxy) is 1. The Balaban J connectivity index is 2.09. The standard InChI is InChI=1S/C10H15ClF3NO2/c11-8-3-1-2-7(8)4-15-9(16)5-17-6-10(12,13)14/h7-8H,1-6H2,(H,15,16). The summed E-state index contributed by atoms with van der Waals surface area (Å²) >= 11 is 5.99. The van der Waals surface area contributed by atoms with Crippen molar-refractivity contribution in [3.8, 4) is 0 Å². The van der Waals surface area contributed by atoms with Crippen molar-refractivity contribution in [3.05, 3.63) is 0 Å². The van der Waals surface area contributed by atoms with Gasteiger partial charge in [-0.3, -0.25) is 4.79 Å². The summed E-state index contributed by atoms with van der Waals surface area (Å²) in [6.45, 7) is -1.57. The lowest BCUT2D eigenvalue weighted by Gasteiger charge is -2.14. The Bertz CT molecular complexity index is 260. The van der Waals surface area contributed by atoms with Crippen LogP contribution in [0.5, 0.6) is 0 Å². The van der Waals surface area contributed by atoms with Gasteiger partial charge >= 0.3 is 6.18 Å². The highest BCUT2D eigenvalue weighted by Gasteiger charge is 2.28. The number of carbonyl (C=O) groups is 1. The quantitative estimate of drug-likeness (QED) is 0.779. The summed E-state index contributed by atoms with van der Waals surface area (Å²) < 4.78 is 39.4. The molecule has 0 spiro atoms. The van der Waals surface area contributed by atoms with Gasteiger partial charge in [0.2, 0.25) is 5.91 Å². The van der Waals surface area contributed by atoms with Crippen molar-refractivity contribution in [2.24, 2.45) is 5.92 Å². The first-order valence-electron chi connectivity index (χ1n) is 5.44. The number of alkyl halides is 4. The molecule has 0 aromatic rings. The molecule has 3 nitrogen and oxygen atoms in total. The molecular weight excluding hydrogens is 259 g/mol. The number of amides is 1. The molecule has 17 heavy (non-hydrogen) atoms. The minimum Gasteiger partial charge on any atom is -0.362 e. The van der Waals surface area contributed by atoms with Crippen LogP contribution in [0.2, 0.25) is 0 Å². The third-order valence-electron chi connectivity index (χ3n) is 2.63. The predicted molar refractivity (Wildman–Crippen MR) is 56.9 cm³/mol. The molecular formula is C10H15ClF3NO2. The van der Waals surface area contributed by atoms with E-state index in [2.05, 4.69) is 10.1 Å². The van der Waals surface area contributed by atoms with Crippen LogP contribution in [0.3, 0.4) is 0 Å². The van der Waals surface area contributed by atoms with Crippen molar-refractivity contribution in [3.63, 3.8) is 0 Å². The first kappa shape index (κ1) is 14.6. The first-order chi connectivity index (χ1) is 7.88. The Labute approximate surface area is 103 Å². The van der Waals surface area contributed by atoms with Crippen LogP contribution in [-0.2, 0) is 9.53 Å². The summed E-state index contributed by atoms with van der Waals surface area (Å²) in [6, 6.07) is 0. The molecule has 0 bridgehead atoms. The van der Waals surface area contributed by atoms with E-state index in [9.17, 15) is 18.0 Å². The van der Waals surface area contributed by atoms with E-state index in [1.807, 2.05) is 0 Å². The third-order valence-corrected chi connectivity index (χ3v) is 3.20. The fraction of sp³-hybridized carbons (Fsp3) is 0.900. The van der Waals surface area contributed by atoms with E-state index in [4.69, 9.17) is 11.6 Å². The highest BCUT2D eigenvalue weighted by molar-refractivity contribution is 6.20. The van der Waals surface area contributed by atoms with Gasteiger partial charge in [0.05, 0.1) is 0 Å². The number of halogens is 4. The fourth-order valence-electron chi connectivity index (χ4n) is 1.78.